The molecule has 1 nitrogen and oxygen atoms in total. The van der Waals surface area contributed by atoms with Crippen molar-refractivity contribution in [3.63, 3.8) is 0 Å². The van der Waals surface area contributed by atoms with Crippen molar-refractivity contribution in [2.45, 2.75) is 70.8 Å². The molecule has 1 heteroatoms. The van der Waals surface area contributed by atoms with E-state index in [-0.39, 0.29) is 5.60 Å². The van der Waals surface area contributed by atoms with Gasteiger partial charge in [-0.05, 0) is 32.6 Å². The Bertz CT molecular complexity index is 141. The minimum absolute atomic E-state index is 0.0876. The Morgan fingerprint density at radius 2 is 1.29 bits per heavy atom. The first kappa shape index (κ1) is 12.0. The Hall–Kier alpha value is -0.0400. The van der Waals surface area contributed by atoms with Crippen LogP contribution in [0.2, 0.25) is 0 Å². The zero-order chi connectivity index (χ0) is 10.4. The van der Waals surface area contributed by atoms with Crippen LogP contribution in [-0.2, 0) is 4.74 Å². The molecule has 0 aromatic rings. The van der Waals surface area contributed by atoms with E-state index < -0.39 is 0 Å². The Morgan fingerprint density at radius 3 is 1.71 bits per heavy atom. The summed E-state index contributed by atoms with van der Waals surface area (Å²) in [5.74, 6) is 0.769. The molecule has 0 heterocycles. The van der Waals surface area contributed by atoms with Crippen molar-refractivity contribution in [3.05, 3.63) is 0 Å². The Morgan fingerprint density at radius 1 is 0.857 bits per heavy atom. The van der Waals surface area contributed by atoms with Gasteiger partial charge < -0.3 is 4.74 Å². The zero-order valence-electron chi connectivity index (χ0n) is 10.1. The average molecular weight is 198 g/mol. The maximum absolute atomic E-state index is 5.61. The first-order valence-electron chi connectivity index (χ1n) is 6.22. The van der Waals surface area contributed by atoms with Gasteiger partial charge in [0.15, 0.2) is 0 Å². The quantitative estimate of drug-likeness (QED) is 0.647. The molecule has 0 N–H and O–H groups in total. The number of methoxy groups -OCH3 is 1. The van der Waals surface area contributed by atoms with Crippen LogP contribution in [0.3, 0.4) is 0 Å². The largest absolute Gasteiger partial charge is 0.379 e. The van der Waals surface area contributed by atoms with Gasteiger partial charge in [0.2, 0.25) is 0 Å². The molecule has 1 fully saturated rings. The van der Waals surface area contributed by atoms with Gasteiger partial charge in [0.1, 0.15) is 0 Å². The lowest BCUT2D eigenvalue weighted by Crippen LogP contribution is -2.33. The average Bonchev–Trinajstić information content (AvgIpc) is 2.30. The van der Waals surface area contributed by atoms with E-state index in [1.807, 2.05) is 7.11 Å². The molecular formula is C13H26O. The van der Waals surface area contributed by atoms with Gasteiger partial charge in [-0.1, -0.05) is 38.5 Å². The highest BCUT2D eigenvalue weighted by molar-refractivity contribution is 4.79. The molecular weight excluding hydrogens is 172 g/mol. The van der Waals surface area contributed by atoms with Crippen LogP contribution in [-0.4, -0.2) is 12.7 Å². The molecule has 0 unspecified atom stereocenters. The summed E-state index contributed by atoms with van der Waals surface area (Å²) in [7, 11) is 1.85. The lowest BCUT2D eigenvalue weighted by Gasteiger charge is -2.33. The molecule has 0 saturated heterocycles. The summed E-state index contributed by atoms with van der Waals surface area (Å²) < 4.78 is 5.61. The predicted octanol–water partition coefficient (Wildman–Crippen LogP) is 4.16. The predicted molar refractivity (Wildman–Crippen MR) is 61.5 cm³/mol. The molecule has 84 valence electrons. The molecule has 0 radical (unpaired) electrons. The van der Waals surface area contributed by atoms with Crippen molar-refractivity contribution in [2.75, 3.05) is 7.11 Å². The van der Waals surface area contributed by atoms with Crippen LogP contribution >= 0.6 is 0 Å². The van der Waals surface area contributed by atoms with Crippen LogP contribution in [0.4, 0.5) is 0 Å². The smallest absolute Gasteiger partial charge is 0.0650 e. The van der Waals surface area contributed by atoms with E-state index in [4.69, 9.17) is 4.74 Å². The van der Waals surface area contributed by atoms with Crippen molar-refractivity contribution < 1.29 is 4.74 Å². The van der Waals surface area contributed by atoms with Gasteiger partial charge in [0.25, 0.3) is 0 Å². The molecule has 1 saturated carbocycles. The molecule has 0 aromatic carbocycles. The van der Waals surface area contributed by atoms with Crippen LogP contribution in [0, 0.1) is 5.92 Å². The summed E-state index contributed by atoms with van der Waals surface area (Å²) in [5.41, 5.74) is 0.0876. The van der Waals surface area contributed by atoms with Crippen molar-refractivity contribution in [2.24, 2.45) is 5.92 Å². The van der Waals surface area contributed by atoms with Gasteiger partial charge in [-0.2, -0.15) is 0 Å². The highest BCUT2D eigenvalue weighted by Gasteiger charge is 2.28. The maximum Gasteiger partial charge on any atom is 0.0650 e. The molecule has 0 aromatic heterocycles. The molecule has 1 rings (SSSR count). The van der Waals surface area contributed by atoms with Crippen molar-refractivity contribution in [1.29, 1.82) is 0 Å². The lowest BCUT2D eigenvalue weighted by molar-refractivity contribution is -0.0347. The fourth-order valence-electron chi connectivity index (χ4n) is 2.49. The van der Waals surface area contributed by atoms with E-state index in [1.165, 1.54) is 51.4 Å². The van der Waals surface area contributed by atoms with E-state index in [9.17, 15) is 0 Å². The highest BCUT2D eigenvalue weighted by atomic mass is 16.5. The molecule has 1 aliphatic carbocycles. The third-order valence-corrected chi connectivity index (χ3v) is 3.86. The zero-order valence-corrected chi connectivity index (χ0v) is 10.1. The van der Waals surface area contributed by atoms with Gasteiger partial charge >= 0.3 is 0 Å². The van der Waals surface area contributed by atoms with E-state index in [2.05, 4.69) is 13.8 Å². The van der Waals surface area contributed by atoms with Crippen LogP contribution in [0.1, 0.15) is 65.2 Å². The van der Waals surface area contributed by atoms with Gasteiger partial charge in [0, 0.05) is 7.11 Å². The second-order valence-electron chi connectivity index (χ2n) is 5.20. The number of hydrogen-bond donors (Lipinski definition) is 0. The van der Waals surface area contributed by atoms with E-state index >= 15 is 0 Å². The third-order valence-electron chi connectivity index (χ3n) is 3.86. The van der Waals surface area contributed by atoms with Crippen LogP contribution in [0.5, 0.6) is 0 Å². The standard InChI is InChI=1S/C13H26O/c1-13(2,14-3)12-10-8-6-4-5-7-9-11-12/h12H,4-11H2,1-3H3. The van der Waals surface area contributed by atoms with Gasteiger partial charge in [0.05, 0.1) is 5.60 Å². The topological polar surface area (TPSA) is 9.23 Å². The minimum Gasteiger partial charge on any atom is -0.379 e. The van der Waals surface area contributed by atoms with E-state index in [1.54, 1.807) is 0 Å². The van der Waals surface area contributed by atoms with Crippen LogP contribution in [0.15, 0.2) is 0 Å². The Balaban J connectivity index is 2.47. The van der Waals surface area contributed by atoms with Gasteiger partial charge in [-0.3, -0.25) is 0 Å². The fourth-order valence-corrected chi connectivity index (χ4v) is 2.49. The monoisotopic (exact) mass is 198 g/mol. The third kappa shape index (κ3) is 3.61. The first-order valence-corrected chi connectivity index (χ1v) is 6.22. The summed E-state index contributed by atoms with van der Waals surface area (Å²) in [6.07, 6.45) is 11.3. The lowest BCUT2D eigenvalue weighted by atomic mass is 9.83. The fraction of sp³-hybridized carbons (Fsp3) is 1.00. The summed E-state index contributed by atoms with van der Waals surface area (Å²) in [4.78, 5) is 0. The maximum atomic E-state index is 5.61. The summed E-state index contributed by atoms with van der Waals surface area (Å²) >= 11 is 0. The number of rotatable bonds is 2. The molecule has 0 atom stereocenters. The molecule has 0 amide bonds. The van der Waals surface area contributed by atoms with Gasteiger partial charge in [-0.25, -0.2) is 0 Å². The molecule has 0 bridgehead atoms. The summed E-state index contributed by atoms with van der Waals surface area (Å²) in [6, 6.07) is 0. The summed E-state index contributed by atoms with van der Waals surface area (Å²) in [6.45, 7) is 4.49. The Labute approximate surface area is 89.2 Å². The van der Waals surface area contributed by atoms with Crippen LogP contribution in [0.25, 0.3) is 0 Å². The molecule has 0 aliphatic heterocycles. The van der Waals surface area contributed by atoms with Crippen molar-refractivity contribution in [3.8, 4) is 0 Å². The van der Waals surface area contributed by atoms with Crippen molar-refractivity contribution in [1.82, 2.24) is 0 Å². The normalized spacial score (nSPS) is 22.5. The summed E-state index contributed by atoms with van der Waals surface area (Å²) in [5, 5.41) is 0. The highest BCUT2D eigenvalue weighted by Crippen LogP contribution is 2.32. The van der Waals surface area contributed by atoms with E-state index in [0.29, 0.717) is 0 Å². The van der Waals surface area contributed by atoms with E-state index in [0.717, 1.165) is 5.92 Å². The van der Waals surface area contributed by atoms with Gasteiger partial charge in [-0.15, -0.1) is 0 Å². The second-order valence-corrected chi connectivity index (χ2v) is 5.20. The molecule has 0 spiro atoms. The van der Waals surface area contributed by atoms with Crippen LogP contribution < -0.4 is 0 Å². The second kappa shape index (κ2) is 5.75. The Kier molecular flexibility index (Phi) is 4.94. The minimum atomic E-state index is 0.0876. The number of ether oxygens (including phenoxy) is 1. The molecule has 14 heavy (non-hydrogen) atoms. The number of hydrogen-bond acceptors (Lipinski definition) is 1. The first-order chi connectivity index (χ1) is 6.67. The SMILES string of the molecule is COC(C)(C)C1CCCCCCCC1. The molecule has 1 aliphatic rings. The van der Waals surface area contributed by atoms with Crippen molar-refractivity contribution >= 4 is 0 Å².